The van der Waals surface area contributed by atoms with Crippen molar-refractivity contribution in [3.63, 3.8) is 0 Å². The summed E-state index contributed by atoms with van der Waals surface area (Å²) in [4.78, 5) is 11.4. The minimum Gasteiger partial charge on any atom is -0.397 e. The first kappa shape index (κ1) is 12.5. The Bertz CT molecular complexity index is 673. The molecule has 0 bridgehead atoms. The van der Waals surface area contributed by atoms with Crippen molar-refractivity contribution in [3.8, 4) is 6.07 Å². The van der Waals surface area contributed by atoms with Crippen molar-refractivity contribution in [2.75, 3.05) is 11.1 Å². The molecule has 2 rings (SSSR count). The second-order valence-electron chi connectivity index (χ2n) is 3.92. The molecule has 0 unspecified atom stereocenters. The van der Waals surface area contributed by atoms with Gasteiger partial charge in [-0.1, -0.05) is 18.2 Å². The van der Waals surface area contributed by atoms with E-state index < -0.39 is 5.91 Å². The molecular weight excluding hydrogens is 240 g/mol. The first-order valence-electron chi connectivity index (χ1n) is 5.58. The van der Waals surface area contributed by atoms with Gasteiger partial charge in [-0.05, 0) is 24.3 Å². The predicted molar refractivity (Wildman–Crippen MR) is 73.8 cm³/mol. The summed E-state index contributed by atoms with van der Waals surface area (Å²) in [5.41, 5.74) is 13.3. The van der Waals surface area contributed by atoms with Crippen molar-refractivity contribution in [2.24, 2.45) is 5.73 Å². The normalized spacial score (nSPS) is 9.63. The molecule has 0 atom stereocenters. The molecular formula is C14H12N4O. The number of amides is 1. The molecule has 2 aromatic carbocycles. The van der Waals surface area contributed by atoms with E-state index in [2.05, 4.69) is 11.4 Å². The molecule has 0 radical (unpaired) electrons. The average Bonchev–Trinajstić information content (AvgIpc) is 2.41. The van der Waals surface area contributed by atoms with Crippen LogP contribution in [0.5, 0.6) is 0 Å². The maximum absolute atomic E-state index is 11.4. The van der Waals surface area contributed by atoms with Gasteiger partial charge in [-0.25, -0.2) is 0 Å². The van der Waals surface area contributed by atoms with E-state index in [9.17, 15) is 4.79 Å². The number of primary amides is 1. The van der Waals surface area contributed by atoms with E-state index in [0.29, 0.717) is 22.6 Å². The Morgan fingerprint density at radius 1 is 1.16 bits per heavy atom. The zero-order valence-corrected chi connectivity index (χ0v) is 10.1. The molecule has 0 spiro atoms. The third-order valence-corrected chi connectivity index (χ3v) is 2.67. The number of nitrogens with two attached hydrogens (primary N) is 2. The highest BCUT2D eigenvalue weighted by atomic mass is 16.1. The molecule has 19 heavy (non-hydrogen) atoms. The SMILES string of the molecule is N#Cc1ccccc1Nc1c(N)cccc1C(N)=O. The highest BCUT2D eigenvalue weighted by molar-refractivity contribution is 6.02. The molecule has 5 nitrogen and oxygen atoms in total. The van der Waals surface area contributed by atoms with Crippen LogP contribution in [-0.4, -0.2) is 5.91 Å². The smallest absolute Gasteiger partial charge is 0.250 e. The summed E-state index contributed by atoms with van der Waals surface area (Å²) < 4.78 is 0. The Kier molecular flexibility index (Phi) is 3.35. The Labute approximate surface area is 110 Å². The van der Waals surface area contributed by atoms with Crippen LogP contribution in [0.15, 0.2) is 42.5 Å². The van der Waals surface area contributed by atoms with E-state index in [1.807, 2.05) is 0 Å². The van der Waals surface area contributed by atoms with Crippen LogP contribution in [0.3, 0.4) is 0 Å². The molecule has 0 aliphatic heterocycles. The zero-order chi connectivity index (χ0) is 13.8. The van der Waals surface area contributed by atoms with Crippen molar-refractivity contribution < 1.29 is 4.79 Å². The first-order valence-corrected chi connectivity index (χ1v) is 5.58. The minimum absolute atomic E-state index is 0.285. The maximum atomic E-state index is 11.4. The molecule has 0 fully saturated rings. The topological polar surface area (TPSA) is 105 Å². The maximum Gasteiger partial charge on any atom is 0.250 e. The van der Waals surface area contributed by atoms with Crippen LogP contribution >= 0.6 is 0 Å². The lowest BCUT2D eigenvalue weighted by Gasteiger charge is -2.13. The van der Waals surface area contributed by atoms with Gasteiger partial charge in [-0.15, -0.1) is 0 Å². The number of carbonyl (C=O) groups excluding carboxylic acids is 1. The minimum atomic E-state index is -0.579. The molecule has 5 heteroatoms. The van der Waals surface area contributed by atoms with Crippen molar-refractivity contribution in [3.05, 3.63) is 53.6 Å². The van der Waals surface area contributed by atoms with Gasteiger partial charge in [0, 0.05) is 0 Å². The van der Waals surface area contributed by atoms with Gasteiger partial charge in [-0.2, -0.15) is 5.26 Å². The van der Waals surface area contributed by atoms with Crippen molar-refractivity contribution >= 4 is 23.0 Å². The summed E-state index contributed by atoms with van der Waals surface area (Å²) in [6.45, 7) is 0. The Hall–Kier alpha value is -3.00. The molecule has 5 N–H and O–H groups in total. The number of nitrogens with one attached hydrogen (secondary N) is 1. The van der Waals surface area contributed by atoms with E-state index in [1.54, 1.807) is 42.5 Å². The zero-order valence-electron chi connectivity index (χ0n) is 10.1. The van der Waals surface area contributed by atoms with E-state index in [-0.39, 0.29) is 5.56 Å². The Morgan fingerprint density at radius 3 is 2.58 bits per heavy atom. The number of rotatable bonds is 3. The molecule has 0 aromatic heterocycles. The van der Waals surface area contributed by atoms with Crippen molar-refractivity contribution in [1.82, 2.24) is 0 Å². The number of anilines is 3. The lowest BCUT2D eigenvalue weighted by atomic mass is 10.1. The number of carbonyl (C=O) groups is 1. The second-order valence-corrected chi connectivity index (χ2v) is 3.92. The van der Waals surface area contributed by atoms with Crippen molar-refractivity contribution in [2.45, 2.75) is 0 Å². The Balaban J connectivity index is 2.50. The van der Waals surface area contributed by atoms with Crippen LogP contribution in [0.25, 0.3) is 0 Å². The van der Waals surface area contributed by atoms with Gasteiger partial charge in [0.1, 0.15) is 6.07 Å². The van der Waals surface area contributed by atoms with E-state index in [1.165, 1.54) is 0 Å². The molecule has 0 saturated carbocycles. The van der Waals surface area contributed by atoms with Crippen LogP contribution < -0.4 is 16.8 Å². The third kappa shape index (κ3) is 2.48. The fourth-order valence-electron chi connectivity index (χ4n) is 1.74. The average molecular weight is 252 g/mol. The van der Waals surface area contributed by atoms with Gasteiger partial charge in [0.2, 0.25) is 0 Å². The highest BCUT2D eigenvalue weighted by Gasteiger charge is 2.12. The van der Waals surface area contributed by atoms with Gasteiger partial charge in [0.15, 0.2) is 0 Å². The number of benzene rings is 2. The quantitative estimate of drug-likeness (QED) is 0.726. The van der Waals surface area contributed by atoms with Crippen LogP contribution in [0.2, 0.25) is 0 Å². The summed E-state index contributed by atoms with van der Waals surface area (Å²) in [6, 6.07) is 13.9. The lowest BCUT2D eigenvalue weighted by Crippen LogP contribution is -2.14. The number of hydrogen-bond acceptors (Lipinski definition) is 4. The molecule has 0 aliphatic carbocycles. The van der Waals surface area contributed by atoms with Gasteiger partial charge in [-0.3, -0.25) is 4.79 Å². The highest BCUT2D eigenvalue weighted by Crippen LogP contribution is 2.28. The van der Waals surface area contributed by atoms with Crippen LogP contribution in [0.1, 0.15) is 15.9 Å². The van der Waals surface area contributed by atoms with Crippen LogP contribution in [0, 0.1) is 11.3 Å². The summed E-state index contributed by atoms with van der Waals surface area (Å²) in [6.07, 6.45) is 0. The van der Waals surface area contributed by atoms with Gasteiger partial charge >= 0.3 is 0 Å². The number of hydrogen-bond donors (Lipinski definition) is 3. The lowest BCUT2D eigenvalue weighted by molar-refractivity contribution is 0.100. The van der Waals surface area contributed by atoms with Gasteiger partial charge < -0.3 is 16.8 Å². The summed E-state index contributed by atoms with van der Waals surface area (Å²) in [5.74, 6) is -0.579. The van der Waals surface area contributed by atoms with E-state index >= 15 is 0 Å². The molecule has 0 heterocycles. The van der Waals surface area contributed by atoms with Crippen molar-refractivity contribution in [1.29, 1.82) is 5.26 Å². The van der Waals surface area contributed by atoms with E-state index in [4.69, 9.17) is 16.7 Å². The number of nitriles is 1. The van der Waals surface area contributed by atoms with Crippen LogP contribution in [-0.2, 0) is 0 Å². The molecule has 94 valence electrons. The largest absolute Gasteiger partial charge is 0.397 e. The number of nitrogen functional groups attached to an aromatic ring is 1. The molecule has 2 aromatic rings. The molecule has 0 saturated heterocycles. The Morgan fingerprint density at radius 2 is 1.89 bits per heavy atom. The fraction of sp³-hybridized carbons (Fsp3) is 0. The predicted octanol–water partition coefficient (Wildman–Crippen LogP) is 1.98. The summed E-state index contributed by atoms with van der Waals surface area (Å²) in [7, 11) is 0. The fourth-order valence-corrected chi connectivity index (χ4v) is 1.74. The molecule has 1 amide bonds. The number of nitrogens with zero attached hydrogens (tertiary/aromatic N) is 1. The van der Waals surface area contributed by atoms with Crippen LogP contribution in [0.4, 0.5) is 17.1 Å². The van der Waals surface area contributed by atoms with E-state index in [0.717, 1.165) is 0 Å². The monoisotopic (exact) mass is 252 g/mol. The standard InChI is InChI=1S/C14H12N4O/c15-8-9-4-1-2-7-12(9)18-13-10(14(17)19)5-3-6-11(13)16/h1-7,18H,16H2,(H2,17,19). The third-order valence-electron chi connectivity index (χ3n) is 2.67. The summed E-state index contributed by atoms with van der Waals surface area (Å²) in [5, 5.41) is 12.0. The first-order chi connectivity index (χ1) is 9.13. The summed E-state index contributed by atoms with van der Waals surface area (Å²) >= 11 is 0. The molecule has 0 aliphatic rings. The number of para-hydroxylation sites is 2. The van der Waals surface area contributed by atoms with Gasteiger partial charge in [0.25, 0.3) is 5.91 Å². The second kappa shape index (κ2) is 5.10. The van der Waals surface area contributed by atoms with Gasteiger partial charge in [0.05, 0.1) is 28.2 Å².